The molecular weight excluding hydrogens is 304 g/mol. The number of carbonyl (C=O) groups is 1. The molecule has 122 valence electrons. The van der Waals surface area contributed by atoms with Crippen LogP contribution >= 0.6 is 0 Å². The van der Waals surface area contributed by atoms with Crippen LogP contribution in [0.15, 0.2) is 47.5 Å². The fraction of sp³-hybridized carbons (Fsp3) is 0.263. The Morgan fingerprint density at radius 2 is 2.08 bits per heavy atom. The second-order valence-corrected chi connectivity index (χ2v) is 6.16. The molecular formula is C19H18N2O3. The molecule has 4 rings (SSSR count). The van der Waals surface area contributed by atoms with Crippen molar-refractivity contribution >= 4 is 11.7 Å². The zero-order valence-electron chi connectivity index (χ0n) is 13.3. The van der Waals surface area contributed by atoms with Gasteiger partial charge in [-0.15, -0.1) is 0 Å². The van der Waals surface area contributed by atoms with Crippen LogP contribution in [0.3, 0.4) is 0 Å². The predicted octanol–water partition coefficient (Wildman–Crippen LogP) is 3.22. The first-order valence-electron chi connectivity index (χ1n) is 8.01. The van der Waals surface area contributed by atoms with Crippen molar-refractivity contribution in [2.45, 2.75) is 18.9 Å². The van der Waals surface area contributed by atoms with Crippen LogP contribution < -0.4 is 10.1 Å². The van der Waals surface area contributed by atoms with Crippen LogP contribution in [0.4, 0.5) is 4.79 Å². The molecule has 5 nitrogen and oxygen atoms in total. The quantitative estimate of drug-likeness (QED) is 0.892. The number of fused-ring (bicyclic) bond motifs is 3. The van der Waals surface area contributed by atoms with Crippen molar-refractivity contribution in [1.29, 1.82) is 0 Å². The molecule has 2 unspecified atom stereocenters. The summed E-state index contributed by atoms with van der Waals surface area (Å²) >= 11 is 0. The van der Waals surface area contributed by atoms with Gasteiger partial charge in [-0.05, 0) is 41.7 Å². The highest BCUT2D eigenvalue weighted by Gasteiger charge is 2.37. The highest BCUT2D eigenvalue weighted by molar-refractivity contribution is 6.11. The second-order valence-electron chi connectivity index (χ2n) is 6.16. The van der Waals surface area contributed by atoms with E-state index in [9.17, 15) is 9.90 Å². The van der Waals surface area contributed by atoms with E-state index in [0.717, 1.165) is 29.7 Å². The van der Waals surface area contributed by atoms with E-state index in [-0.39, 0.29) is 23.7 Å². The molecule has 0 spiro atoms. The number of ether oxygens (including phenoxy) is 1. The summed E-state index contributed by atoms with van der Waals surface area (Å²) in [5.74, 6) is 0.596. The number of rotatable bonds is 2. The van der Waals surface area contributed by atoms with Crippen LogP contribution in [0.1, 0.15) is 29.2 Å². The number of hydrogen-bond acceptors (Lipinski definition) is 3. The second kappa shape index (κ2) is 5.67. The fourth-order valence-electron chi connectivity index (χ4n) is 3.69. The fourth-order valence-corrected chi connectivity index (χ4v) is 3.69. The molecule has 2 aromatic carbocycles. The number of benzene rings is 2. The van der Waals surface area contributed by atoms with Crippen molar-refractivity contribution in [1.82, 2.24) is 5.32 Å². The van der Waals surface area contributed by atoms with Crippen molar-refractivity contribution in [3.05, 3.63) is 59.2 Å². The smallest absolute Gasteiger partial charge is 0.341 e. The van der Waals surface area contributed by atoms with Gasteiger partial charge >= 0.3 is 6.03 Å². The number of methoxy groups -OCH3 is 1. The van der Waals surface area contributed by atoms with Crippen LogP contribution in [0.25, 0.3) is 0 Å². The number of phenols is 1. The van der Waals surface area contributed by atoms with Crippen molar-refractivity contribution < 1.29 is 14.6 Å². The van der Waals surface area contributed by atoms with Crippen molar-refractivity contribution in [3.63, 3.8) is 0 Å². The lowest BCUT2D eigenvalue weighted by atomic mass is 9.75. The zero-order valence-corrected chi connectivity index (χ0v) is 13.3. The van der Waals surface area contributed by atoms with E-state index in [1.807, 2.05) is 24.3 Å². The summed E-state index contributed by atoms with van der Waals surface area (Å²) in [5, 5.41) is 13.0. The maximum atomic E-state index is 12.1. The van der Waals surface area contributed by atoms with Crippen LogP contribution in [-0.2, 0) is 6.42 Å². The number of carbonyl (C=O) groups excluding carboxylic acids is 1. The summed E-state index contributed by atoms with van der Waals surface area (Å²) < 4.78 is 5.10. The van der Waals surface area contributed by atoms with Crippen LogP contribution in [0, 0.1) is 5.92 Å². The highest BCUT2D eigenvalue weighted by Crippen LogP contribution is 2.39. The van der Waals surface area contributed by atoms with Gasteiger partial charge in [-0.25, -0.2) is 4.79 Å². The maximum absolute atomic E-state index is 12.1. The molecule has 2 aromatic rings. The van der Waals surface area contributed by atoms with Gasteiger partial charge in [0.2, 0.25) is 0 Å². The van der Waals surface area contributed by atoms with Crippen LogP contribution in [0.5, 0.6) is 11.5 Å². The molecule has 0 bridgehead atoms. The number of aromatic hydroxyl groups is 1. The van der Waals surface area contributed by atoms with E-state index in [0.29, 0.717) is 5.75 Å². The summed E-state index contributed by atoms with van der Waals surface area (Å²) in [6, 6.07) is 12.8. The lowest BCUT2D eigenvalue weighted by Gasteiger charge is -2.36. The number of phenolic OH excluding ortho intramolecular Hbond substituents is 1. The van der Waals surface area contributed by atoms with Gasteiger partial charge in [0, 0.05) is 5.92 Å². The Balaban J connectivity index is 1.76. The average molecular weight is 322 g/mol. The third kappa shape index (κ3) is 2.33. The molecule has 2 atom stereocenters. The lowest BCUT2D eigenvalue weighted by Crippen LogP contribution is -2.43. The number of hydrogen-bond donors (Lipinski definition) is 2. The molecule has 1 aliphatic carbocycles. The number of aliphatic imine (C=N–C) groups is 1. The summed E-state index contributed by atoms with van der Waals surface area (Å²) in [6.07, 6.45) is 1.86. The van der Waals surface area contributed by atoms with Crippen molar-refractivity contribution in [2.75, 3.05) is 7.11 Å². The largest absolute Gasteiger partial charge is 0.504 e. The first kappa shape index (κ1) is 14.8. The highest BCUT2D eigenvalue weighted by atomic mass is 16.5. The zero-order chi connectivity index (χ0) is 16.7. The molecule has 0 aromatic heterocycles. The standard InChI is InChI=1S/C19H18N2O3/c1-24-16-9-7-12(10-15(16)22)17-14-8-6-11-4-2-3-5-13(11)18(14)21-19(23)20-17/h2-5,7,9-10,14,17,22H,6,8H2,1H3,(H,20,23). The SMILES string of the molecule is COc1ccc(C2NC(=O)N=C3c4ccccc4CCC32)cc1O. The van der Waals surface area contributed by atoms with Gasteiger partial charge in [-0.2, -0.15) is 4.99 Å². The Labute approximate surface area is 140 Å². The number of aryl methyl sites for hydroxylation is 1. The van der Waals surface area contributed by atoms with E-state index in [1.165, 1.54) is 12.7 Å². The molecule has 5 heteroatoms. The first-order chi connectivity index (χ1) is 11.7. The Morgan fingerprint density at radius 3 is 2.88 bits per heavy atom. The lowest BCUT2D eigenvalue weighted by molar-refractivity contribution is 0.239. The molecule has 0 radical (unpaired) electrons. The minimum Gasteiger partial charge on any atom is -0.504 e. The molecule has 2 amide bonds. The minimum absolute atomic E-state index is 0.0736. The van der Waals surface area contributed by atoms with Crippen molar-refractivity contribution in [3.8, 4) is 11.5 Å². The molecule has 2 aliphatic rings. The molecule has 0 saturated carbocycles. The van der Waals surface area contributed by atoms with Gasteiger partial charge in [0.25, 0.3) is 0 Å². The predicted molar refractivity (Wildman–Crippen MR) is 90.7 cm³/mol. The van der Waals surface area contributed by atoms with Crippen LogP contribution in [-0.4, -0.2) is 24.0 Å². The maximum Gasteiger partial charge on any atom is 0.341 e. The van der Waals surface area contributed by atoms with E-state index < -0.39 is 0 Å². The molecule has 0 saturated heterocycles. The van der Waals surface area contributed by atoms with E-state index in [4.69, 9.17) is 4.74 Å². The summed E-state index contributed by atoms with van der Waals surface area (Å²) in [7, 11) is 1.51. The number of amides is 2. The Morgan fingerprint density at radius 1 is 1.25 bits per heavy atom. The van der Waals surface area contributed by atoms with E-state index >= 15 is 0 Å². The number of nitrogens with one attached hydrogen (secondary N) is 1. The third-order valence-corrected chi connectivity index (χ3v) is 4.83. The van der Waals surface area contributed by atoms with Gasteiger partial charge in [0.1, 0.15) is 0 Å². The Bertz CT molecular complexity index is 844. The normalized spacial score (nSPS) is 22.0. The molecule has 2 N–H and O–H groups in total. The average Bonchev–Trinajstić information content (AvgIpc) is 2.61. The molecule has 1 aliphatic heterocycles. The number of nitrogens with zero attached hydrogens (tertiary/aromatic N) is 1. The Kier molecular flexibility index (Phi) is 3.49. The van der Waals surface area contributed by atoms with E-state index in [2.05, 4.69) is 16.4 Å². The monoisotopic (exact) mass is 322 g/mol. The summed E-state index contributed by atoms with van der Waals surface area (Å²) in [6.45, 7) is 0. The van der Waals surface area contributed by atoms with Gasteiger partial charge in [-0.1, -0.05) is 30.3 Å². The van der Waals surface area contributed by atoms with Crippen LogP contribution in [0.2, 0.25) is 0 Å². The Hall–Kier alpha value is -2.82. The van der Waals surface area contributed by atoms with Gasteiger partial charge in [0.05, 0.1) is 18.9 Å². The van der Waals surface area contributed by atoms with Gasteiger partial charge in [0.15, 0.2) is 11.5 Å². The summed E-state index contributed by atoms with van der Waals surface area (Å²) in [4.78, 5) is 16.4. The van der Waals surface area contributed by atoms with Gasteiger partial charge in [-0.3, -0.25) is 0 Å². The topological polar surface area (TPSA) is 70.9 Å². The number of urea groups is 1. The van der Waals surface area contributed by atoms with Crippen molar-refractivity contribution in [2.24, 2.45) is 10.9 Å². The third-order valence-electron chi connectivity index (χ3n) is 4.83. The molecule has 0 fully saturated rings. The van der Waals surface area contributed by atoms with Gasteiger partial charge < -0.3 is 15.2 Å². The minimum atomic E-state index is -0.335. The summed E-state index contributed by atoms with van der Waals surface area (Å²) in [5.41, 5.74) is 4.00. The molecule has 1 heterocycles. The molecule has 24 heavy (non-hydrogen) atoms. The van der Waals surface area contributed by atoms with E-state index in [1.54, 1.807) is 12.1 Å². The first-order valence-corrected chi connectivity index (χ1v) is 8.01.